The topological polar surface area (TPSA) is 78.4 Å². The molecule has 0 aromatic carbocycles. The van der Waals surface area contributed by atoms with Gasteiger partial charge in [0.15, 0.2) is 0 Å². The maximum absolute atomic E-state index is 12.7. The van der Waals surface area contributed by atoms with Crippen molar-refractivity contribution >= 4 is 17.7 Å². The molecular formula is C19H27N7O. The first kappa shape index (κ1) is 19.0. The normalized spacial score (nSPS) is 14.3. The van der Waals surface area contributed by atoms with Crippen molar-refractivity contribution < 1.29 is 4.79 Å². The van der Waals surface area contributed by atoms with Gasteiger partial charge in [-0.15, -0.1) is 0 Å². The third-order valence-electron chi connectivity index (χ3n) is 4.57. The molecule has 8 nitrogen and oxygen atoms in total. The Morgan fingerprint density at radius 2 is 1.63 bits per heavy atom. The van der Waals surface area contributed by atoms with Gasteiger partial charge in [-0.3, -0.25) is 4.79 Å². The van der Waals surface area contributed by atoms with Crippen LogP contribution in [0.3, 0.4) is 0 Å². The fourth-order valence-corrected chi connectivity index (χ4v) is 3.20. The minimum atomic E-state index is -0.0692. The first-order valence-corrected chi connectivity index (χ1v) is 9.61. The molecule has 2 aromatic heterocycles. The Balaban J connectivity index is 1.60. The molecule has 27 heavy (non-hydrogen) atoms. The Morgan fingerprint density at radius 1 is 0.963 bits per heavy atom. The molecule has 1 saturated heterocycles. The van der Waals surface area contributed by atoms with E-state index in [0.29, 0.717) is 37.8 Å². The van der Waals surface area contributed by atoms with Gasteiger partial charge in [-0.05, 0) is 18.9 Å². The van der Waals surface area contributed by atoms with Crippen LogP contribution in [-0.4, -0.2) is 70.0 Å². The van der Waals surface area contributed by atoms with Crippen molar-refractivity contribution in [3.63, 3.8) is 0 Å². The molecule has 3 heterocycles. The van der Waals surface area contributed by atoms with Crippen LogP contribution in [0, 0.1) is 0 Å². The summed E-state index contributed by atoms with van der Waals surface area (Å²) in [6.07, 6.45) is 8.89. The van der Waals surface area contributed by atoms with Crippen molar-refractivity contribution in [2.75, 3.05) is 49.1 Å². The summed E-state index contributed by atoms with van der Waals surface area (Å²) >= 11 is 0. The van der Waals surface area contributed by atoms with Gasteiger partial charge in [0.1, 0.15) is 11.5 Å². The van der Waals surface area contributed by atoms with E-state index in [1.54, 1.807) is 30.9 Å². The molecule has 0 unspecified atom stereocenters. The van der Waals surface area contributed by atoms with E-state index in [9.17, 15) is 4.79 Å². The van der Waals surface area contributed by atoms with Gasteiger partial charge >= 0.3 is 0 Å². The summed E-state index contributed by atoms with van der Waals surface area (Å²) in [5.74, 6) is 1.47. The van der Waals surface area contributed by atoms with Gasteiger partial charge in [0, 0.05) is 51.7 Å². The maximum Gasteiger partial charge on any atom is 0.274 e. The van der Waals surface area contributed by atoms with Crippen molar-refractivity contribution in [2.45, 2.75) is 26.7 Å². The number of carbonyl (C=O) groups is 1. The number of rotatable bonds is 7. The Kier molecular flexibility index (Phi) is 6.51. The fourth-order valence-electron chi connectivity index (χ4n) is 3.20. The van der Waals surface area contributed by atoms with Crippen molar-refractivity contribution in [3.05, 3.63) is 36.5 Å². The van der Waals surface area contributed by atoms with Gasteiger partial charge in [0.05, 0.1) is 12.4 Å². The van der Waals surface area contributed by atoms with Crippen LogP contribution in [0.15, 0.2) is 30.9 Å². The molecule has 0 atom stereocenters. The number of hydrogen-bond donors (Lipinski definition) is 0. The number of piperazine rings is 1. The molecule has 3 rings (SSSR count). The summed E-state index contributed by atoms with van der Waals surface area (Å²) in [4.78, 5) is 36.3. The van der Waals surface area contributed by atoms with E-state index < -0.39 is 0 Å². The maximum atomic E-state index is 12.7. The van der Waals surface area contributed by atoms with E-state index in [2.05, 4.69) is 43.6 Å². The Hall–Kier alpha value is -2.77. The average Bonchev–Trinajstić information content (AvgIpc) is 2.74. The SMILES string of the molecule is CCCN(CCC)c1cnc(C(=O)N2CCN(c3ncccn3)CC2)cn1. The summed E-state index contributed by atoms with van der Waals surface area (Å²) in [6, 6.07) is 1.80. The lowest BCUT2D eigenvalue weighted by Crippen LogP contribution is -2.49. The van der Waals surface area contributed by atoms with Gasteiger partial charge in [0.25, 0.3) is 5.91 Å². The van der Waals surface area contributed by atoms with Crippen LogP contribution in [0.1, 0.15) is 37.2 Å². The molecule has 0 spiro atoms. The molecule has 1 aliphatic heterocycles. The van der Waals surface area contributed by atoms with Crippen molar-refractivity contribution in [2.24, 2.45) is 0 Å². The average molecular weight is 369 g/mol. The van der Waals surface area contributed by atoms with Crippen LogP contribution < -0.4 is 9.80 Å². The molecule has 0 saturated carbocycles. The van der Waals surface area contributed by atoms with E-state index >= 15 is 0 Å². The van der Waals surface area contributed by atoms with Gasteiger partial charge in [-0.25, -0.2) is 19.9 Å². The summed E-state index contributed by atoms with van der Waals surface area (Å²) in [6.45, 7) is 8.85. The zero-order chi connectivity index (χ0) is 19.1. The summed E-state index contributed by atoms with van der Waals surface area (Å²) in [5, 5.41) is 0. The molecule has 0 aliphatic carbocycles. The third-order valence-corrected chi connectivity index (χ3v) is 4.57. The number of amides is 1. The summed E-state index contributed by atoms with van der Waals surface area (Å²) in [7, 11) is 0. The molecule has 0 bridgehead atoms. The number of aromatic nitrogens is 4. The highest BCUT2D eigenvalue weighted by Gasteiger charge is 2.24. The molecule has 1 fully saturated rings. The summed E-state index contributed by atoms with van der Waals surface area (Å²) in [5.41, 5.74) is 0.399. The number of hydrogen-bond acceptors (Lipinski definition) is 7. The lowest BCUT2D eigenvalue weighted by atomic mass is 10.3. The van der Waals surface area contributed by atoms with E-state index in [4.69, 9.17) is 0 Å². The van der Waals surface area contributed by atoms with Crippen LogP contribution >= 0.6 is 0 Å². The van der Waals surface area contributed by atoms with Crippen LogP contribution in [0.5, 0.6) is 0 Å². The Bertz CT molecular complexity index is 709. The Morgan fingerprint density at radius 3 is 2.19 bits per heavy atom. The second kappa shape index (κ2) is 9.25. The third kappa shape index (κ3) is 4.69. The highest BCUT2D eigenvalue weighted by molar-refractivity contribution is 5.92. The van der Waals surface area contributed by atoms with E-state index in [0.717, 1.165) is 31.7 Å². The predicted octanol–water partition coefficient (Wildman–Crippen LogP) is 1.86. The van der Waals surface area contributed by atoms with Crippen molar-refractivity contribution in [1.82, 2.24) is 24.8 Å². The van der Waals surface area contributed by atoms with Crippen molar-refractivity contribution in [3.8, 4) is 0 Å². The molecule has 1 amide bonds. The molecule has 144 valence electrons. The molecule has 0 N–H and O–H groups in total. The molecule has 0 radical (unpaired) electrons. The van der Waals surface area contributed by atoms with Gasteiger partial charge in [0.2, 0.25) is 5.95 Å². The van der Waals surface area contributed by atoms with Gasteiger partial charge < -0.3 is 14.7 Å². The van der Waals surface area contributed by atoms with Crippen molar-refractivity contribution in [1.29, 1.82) is 0 Å². The first-order valence-electron chi connectivity index (χ1n) is 9.61. The zero-order valence-electron chi connectivity index (χ0n) is 16.1. The minimum Gasteiger partial charge on any atom is -0.355 e. The van der Waals surface area contributed by atoms with Crippen LogP contribution in [0.2, 0.25) is 0 Å². The van der Waals surface area contributed by atoms with Crippen LogP contribution in [0.4, 0.5) is 11.8 Å². The standard InChI is InChI=1S/C19H27N7O/c1-3-8-24(9-4-2)17-15-22-16(14-23-17)18(27)25-10-12-26(13-11-25)19-20-6-5-7-21-19/h5-7,14-15H,3-4,8-13H2,1-2H3. The molecular weight excluding hydrogens is 342 g/mol. The first-order chi connectivity index (χ1) is 13.2. The molecule has 8 heteroatoms. The van der Waals surface area contributed by atoms with E-state index in [-0.39, 0.29) is 5.91 Å². The number of anilines is 2. The molecule has 1 aliphatic rings. The highest BCUT2D eigenvalue weighted by atomic mass is 16.2. The lowest BCUT2D eigenvalue weighted by molar-refractivity contribution is 0.0740. The molecule has 2 aromatic rings. The van der Waals surface area contributed by atoms with E-state index in [1.165, 1.54) is 0 Å². The Labute approximate surface area is 160 Å². The zero-order valence-corrected chi connectivity index (χ0v) is 16.1. The second-order valence-corrected chi connectivity index (χ2v) is 6.57. The van der Waals surface area contributed by atoms with E-state index in [1.807, 2.05) is 4.90 Å². The predicted molar refractivity (Wildman–Crippen MR) is 105 cm³/mol. The summed E-state index contributed by atoms with van der Waals surface area (Å²) < 4.78 is 0. The fraction of sp³-hybridized carbons (Fsp3) is 0.526. The lowest BCUT2D eigenvalue weighted by Gasteiger charge is -2.34. The highest BCUT2D eigenvalue weighted by Crippen LogP contribution is 2.14. The van der Waals surface area contributed by atoms with Crippen LogP contribution in [0.25, 0.3) is 0 Å². The second-order valence-electron chi connectivity index (χ2n) is 6.57. The van der Waals surface area contributed by atoms with Crippen LogP contribution in [-0.2, 0) is 0 Å². The smallest absolute Gasteiger partial charge is 0.274 e. The largest absolute Gasteiger partial charge is 0.355 e. The van der Waals surface area contributed by atoms with Gasteiger partial charge in [-0.2, -0.15) is 0 Å². The monoisotopic (exact) mass is 369 g/mol. The number of carbonyl (C=O) groups excluding carboxylic acids is 1. The van der Waals surface area contributed by atoms with Gasteiger partial charge in [-0.1, -0.05) is 13.8 Å². The minimum absolute atomic E-state index is 0.0692. The number of nitrogens with zero attached hydrogens (tertiary/aromatic N) is 7. The quantitative estimate of drug-likeness (QED) is 0.737.